The van der Waals surface area contributed by atoms with E-state index in [0.29, 0.717) is 0 Å². The van der Waals surface area contributed by atoms with Crippen LogP contribution in [0.25, 0.3) is 11.0 Å². The van der Waals surface area contributed by atoms with Crippen LogP contribution in [0.4, 0.5) is 0 Å². The average Bonchev–Trinajstić information content (AvgIpc) is 2.89. The van der Waals surface area contributed by atoms with Crippen LogP contribution in [-0.4, -0.2) is 17.6 Å². The number of nitrogens with one attached hydrogen (secondary N) is 1. The lowest BCUT2D eigenvalue weighted by atomic mass is 10.1. The molecule has 126 valence electrons. The van der Waals surface area contributed by atoms with Crippen molar-refractivity contribution in [3.05, 3.63) is 29.0 Å². The predicted molar refractivity (Wildman–Crippen MR) is 93.6 cm³/mol. The van der Waals surface area contributed by atoms with Gasteiger partial charge in [0.25, 0.3) is 0 Å². The Bertz CT molecular complexity index is 646. The maximum Gasteiger partial charge on any atom is 0.226 e. The third-order valence-electron chi connectivity index (χ3n) is 4.16. The SMILES string of the molecule is CCCCCCCCNC(=O)Cc1noc2c(C)cc(C)cc12. The molecule has 2 aromatic rings. The Morgan fingerprint density at radius 1 is 1.13 bits per heavy atom. The quantitative estimate of drug-likeness (QED) is 0.695. The Labute approximate surface area is 138 Å². The van der Waals surface area contributed by atoms with Crippen molar-refractivity contribution in [3.63, 3.8) is 0 Å². The summed E-state index contributed by atoms with van der Waals surface area (Å²) in [7, 11) is 0. The van der Waals surface area contributed by atoms with E-state index in [1.165, 1.54) is 32.1 Å². The van der Waals surface area contributed by atoms with E-state index in [9.17, 15) is 4.79 Å². The number of carbonyl (C=O) groups is 1. The lowest BCUT2D eigenvalue weighted by molar-refractivity contribution is -0.120. The van der Waals surface area contributed by atoms with Gasteiger partial charge in [-0.2, -0.15) is 0 Å². The van der Waals surface area contributed by atoms with Gasteiger partial charge in [-0.05, 0) is 37.5 Å². The molecule has 0 radical (unpaired) electrons. The third kappa shape index (κ3) is 5.08. The first-order chi connectivity index (χ1) is 11.1. The highest BCUT2D eigenvalue weighted by Crippen LogP contribution is 2.24. The molecule has 1 aromatic carbocycles. The summed E-state index contributed by atoms with van der Waals surface area (Å²) in [5.74, 6) is 0.0212. The zero-order chi connectivity index (χ0) is 16.7. The second-order valence-electron chi connectivity index (χ2n) is 6.38. The molecular formula is C19H28N2O2. The lowest BCUT2D eigenvalue weighted by Gasteiger charge is -2.04. The minimum atomic E-state index is 0.0212. The summed E-state index contributed by atoms with van der Waals surface area (Å²) in [6.45, 7) is 7.01. The molecule has 0 unspecified atom stereocenters. The van der Waals surface area contributed by atoms with Gasteiger partial charge in [-0.15, -0.1) is 0 Å². The van der Waals surface area contributed by atoms with Gasteiger partial charge in [0, 0.05) is 11.9 Å². The molecule has 1 N–H and O–H groups in total. The van der Waals surface area contributed by atoms with Crippen molar-refractivity contribution in [2.75, 3.05) is 6.54 Å². The van der Waals surface area contributed by atoms with E-state index in [4.69, 9.17) is 4.52 Å². The number of aromatic nitrogens is 1. The Kier molecular flexibility index (Phi) is 6.63. The standard InChI is InChI=1S/C19H28N2O2/c1-4-5-6-7-8-9-10-20-18(22)13-17-16-12-14(2)11-15(3)19(16)23-21-17/h11-12H,4-10,13H2,1-3H3,(H,20,22). The molecule has 1 amide bonds. The second-order valence-corrected chi connectivity index (χ2v) is 6.38. The van der Waals surface area contributed by atoms with Crippen molar-refractivity contribution in [2.24, 2.45) is 0 Å². The molecule has 1 heterocycles. The number of nitrogens with zero attached hydrogens (tertiary/aromatic N) is 1. The number of aryl methyl sites for hydroxylation is 2. The summed E-state index contributed by atoms with van der Waals surface area (Å²) < 4.78 is 5.39. The summed E-state index contributed by atoms with van der Waals surface area (Å²) in [5, 5.41) is 8.02. The molecule has 0 saturated carbocycles. The minimum absolute atomic E-state index is 0.0212. The molecule has 1 aromatic heterocycles. The van der Waals surface area contributed by atoms with Crippen LogP contribution in [0.5, 0.6) is 0 Å². The van der Waals surface area contributed by atoms with Gasteiger partial charge in [-0.25, -0.2) is 0 Å². The Morgan fingerprint density at radius 3 is 2.65 bits per heavy atom. The van der Waals surface area contributed by atoms with Crippen molar-refractivity contribution in [1.82, 2.24) is 10.5 Å². The molecular weight excluding hydrogens is 288 g/mol. The van der Waals surface area contributed by atoms with Crippen LogP contribution in [-0.2, 0) is 11.2 Å². The Hall–Kier alpha value is -1.84. The van der Waals surface area contributed by atoms with E-state index < -0.39 is 0 Å². The number of hydrogen-bond donors (Lipinski definition) is 1. The molecule has 0 atom stereocenters. The fourth-order valence-corrected chi connectivity index (χ4v) is 2.92. The highest BCUT2D eigenvalue weighted by molar-refractivity contribution is 5.88. The van der Waals surface area contributed by atoms with E-state index in [-0.39, 0.29) is 12.3 Å². The van der Waals surface area contributed by atoms with E-state index >= 15 is 0 Å². The first kappa shape index (κ1) is 17.5. The van der Waals surface area contributed by atoms with E-state index in [2.05, 4.69) is 23.5 Å². The number of hydrogen-bond acceptors (Lipinski definition) is 3. The average molecular weight is 316 g/mol. The monoisotopic (exact) mass is 316 g/mol. The van der Waals surface area contributed by atoms with Crippen LogP contribution in [0.3, 0.4) is 0 Å². The first-order valence-corrected chi connectivity index (χ1v) is 8.74. The highest BCUT2D eigenvalue weighted by atomic mass is 16.5. The number of amides is 1. The van der Waals surface area contributed by atoms with E-state index in [1.54, 1.807) is 0 Å². The number of unbranched alkanes of at least 4 members (excludes halogenated alkanes) is 5. The fraction of sp³-hybridized carbons (Fsp3) is 0.579. The van der Waals surface area contributed by atoms with Crippen LogP contribution in [0.15, 0.2) is 16.7 Å². The van der Waals surface area contributed by atoms with Crippen molar-refractivity contribution >= 4 is 16.9 Å². The zero-order valence-corrected chi connectivity index (χ0v) is 14.6. The fourth-order valence-electron chi connectivity index (χ4n) is 2.92. The smallest absolute Gasteiger partial charge is 0.226 e. The van der Waals surface area contributed by atoms with Gasteiger partial charge in [0.15, 0.2) is 5.58 Å². The molecule has 2 rings (SSSR count). The van der Waals surface area contributed by atoms with Gasteiger partial charge in [0.1, 0.15) is 5.69 Å². The van der Waals surface area contributed by atoms with Crippen molar-refractivity contribution in [1.29, 1.82) is 0 Å². The molecule has 0 saturated heterocycles. The van der Waals surface area contributed by atoms with Crippen LogP contribution in [0.2, 0.25) is 0 Å². The number of carbonyl (C=O) groups excluding carboxylic acids is 1. The Morgan fingerprint density at radius 2 is 1.87 bits per heavy atom. The molecule has 0 bridgehead atoms. The van der Waals surface area contributed by atoms with Gasteiger partial charge in [0.2, 0.25) is 5.91 Å². The largest absolute Gasteiger partial charge is 0.356 e. The van der Waals surface area contributed by atoms with Gasteiger partial charge in [-0.3, -0.25) is 4.79 Å². The summed E-state index contributed by atoms with van der Waals surface area (Å²) >= 11 is 0. The van der Waals surface area contributed by atoms with Crippen molar-refractivity contribution < 1.29 is 9.32 Å². The molecule has 23 heavy (non-hydrogen) atoms. The van der Waals surface area contributed by atoms with Crippen molar-refractivity contribution in [2.45, 2.75) is 65.7 Å². The minimum Gasteiger partial charge on any atom is -0.356 e. The predicted octanol–water partition coefficient (Wildman–Crippen LogP) is 4.46. The third-order valence-corrected chi connectivity index (χ3v) is 4.16. The summed E-state index contributed by atoms with van der Waals surface area (Å²) in [6, 6.07) is 4.10. The van der Waals surface area contributed by atoms with Crippen LogP contribution >= 0.6 is 0 Å². The molecule has 4 nitrogen and oxygen atoms in total. The van der Waals surface area contributed by atoms with Crippen LogP contribution < -0.4 is 5.32 Å². The molecule has 0 aliphatic carbocycles. The maximum atomic E-state index is 12.1. The molecule has 0 aliphatic rings. The lowest BCUT2D eigenvalue weighted by Crippen LogP contribution is -2.26. The number of fused-ring (bicyclic) bond motifs is 1. The molecule has 0 fully saturated rings. The summed E-state index contributed by atoms with van der Waals surface area (Å²) in [4.78, 5) is 12.1. The van der Waals surface area contributed by atoms with Gasteiger partial charge in [0.05, 0.1) is 6.42 Å². The zero-order valence-electron chi connectivity index (χ0n) is 14.6. The Balaban J connectivity index is 1.80. The highest BCUT2D eigenvalue weighted by Gasteiger charge is 2.14. The van der Waals surface area contributed by atoms with Crippen LogP contribution in [0, 0.1) is 13.8 Å². The van der Waals surface area contributed by atoms with E-state index in [1.807, 2.05) is 19.9 Å². The van der Waals surface area contributed by atoms with Gasteiger partial charge >= 0.3 is 0 Å². The van der Waals surface area contributed by atoms with Crippen LogP contribution in [0.1, 0.15) is 62.3 Å². The summed E-state index contributed by atoms with van der Waals surface area (Å²) in [6.07, 6.45) is 7.65. The first-order valence-electron chi connectivity index (χ1n) is 8.74. The van der Waals surface area contributed by atoms with Crippen molar-refractivity contribution in [3.8, 4) is 0 Å². The van der Waals surface area contributed by atoms with E-state index in [0.717, 1.165) is 40.8 Å². The number of benzene rings is 1. The summed E-state index contributed by atoms with van der Waals surface area (Å²) in [5.41, 5.74) is 3.74. The topological polar surface area (TPSA) is 55.1 Å². The molecule has 4 heteroatoms. The molecule has 0 aliphatic heterocycles. The normalized spacial score (nSPS) is 11.1. The number of rotatable bonds is 9. The second kappa shape index (κ2) is 8.70. The van der Waals surface area contributed by atoms with Gasteiger partial charge < -0.3 is 9.84 Å². The molecule has 0 spiro atoms. The van der Waals surface area contributed by atoms with Gasteiger partial charge in [-0.1, -0.05) is 50.3 Å². The maximum absolute atomic E-state index is 12.1.